The number of carbonyl (C=O) groups is 1. The minimum Gasteiger partial charge on any atom is -0.468 e. The van der Waals surface area contributed by atoms with E-state index in [0.29, 0.717) is 26.1 Å². The van der Waals surface area contributed by atoms with E-state index in [1.165, 1.54) is 5.56 Å². The molecule has 126 valence electrons. The van der Waals surface area contributed by atoms with E-state index in [9.17, 15) is 9.90 Å². The number of hydrogen-bond acceptors (Lipinski definition) is 6. The predicted octanol–water partition coefficient (Wildman–Crippen LogP) is 3.05. The van der Waals surface area contributed by atoms with Gasteiger partial charge in [-0.05, 0) is 40.9 Å². The number of esters is 1. The normalized spacial score (nSPS) is 12.5. The fourth-order valence-electron chi connectivity index (χ4n) is 2.26. The van der Waals surface area contributed by atoms with Crippen molar-refractivity contribution >= 4 is 17.3 Å². The third kappa shape index (κ3) is 6.56. The van der Waals surface area contributed by atoms with Crippen LogP contribution >= 0.6 is 11.3 Å². The van der Waals surface area contributed by atoms with Gasteiger partial charge in [0.25, 0.3) is 0 Å². The van der Waals surface area contributed by atoms with Crippen LogP contribution in [0.2, 0.25) is 0 Å². The van der Waals surface area contributed by atoms with Crippen molar-refractivity contribution in [2.75, 3.05) is 13.2 Å². The number of aliphatic hydroxyl groups is 1. The second kappa shape index (κ2) is 9.50. The summed E-state index contributed by atoms with van der Waals surface area (Å²) >= 11 is 1.65. The van der Waals surface area contributed by atoms with Crippen molar-refractivity contribution in [1.82, 2.24) is 4.90 Å². The largest absolute Gasteiger partial charge is 0.468 e. The summed E-state index contributed by atoms with van der Waals surface area (Å²) in [4.78, 5) is 13.5. The van der Waals surface area contributed by atoms with Gasteiger partial charge >= 0.3 is 5.97 Å². The molecule has 0 aliphatic carbocycles. The van der Waals surface area contributed by atoms with Gasteiger partial charge in [-0.3, -0.25) is 9.69 Å². The number of aliphatic hydroxyl groups excluding tert-OH is 1. The van der Waals surface area contributed by atoms with E-state index < -0.39 is 6.10 Å². The first-order chi connectivity index (χ1) is 11.2. The van der Waals surface area contributed by atoms with Crippen LogP contribution in [0.5, 0.6) is 0 Å². The van der Waals surface area contributed by atoms with Crippen molar-refractivity contribution in [3.63, 3.8) is 0 Å². The third-order valence-corrected chi connectivity index (χ3v) is 4.04. The molecule has 2 heterocycles. The zero-order valence-electron chi connectivity index (χ0n) is 13.3. The number of hydrogen-bond donors (Lipinski definition) is 1. The summed E-state index contributed by atoms with van der Waals surface area (Å²) in [6.07, 6.45) is 2.06. The van der Waals surface area contributed by atoms with Crippen molar-refractivity contribution in [3.8, 4) is 0 Å². The number of nitrogens with zero attached hydrogens (tertiary/aromatic N) is 1. The highest BCUT2D eigenvalue weighted by atomic mass is 32.1. The SMILES string of the molecule is CCCC(=O)OC[C@@H](O)CN(Cc1ccsc1)Cc1ccco1. The molecule has 2 rings (SSSR count). The maximum atomic E-state index is 11.4. The molecule has 0 aromatic carbocycles. The Hall–Kier alpha value is -1.63. The van der Waals surface area contributed by atoms with Crippen LogP contribution in [0.15, 0.2) is 39.6 Å². The van der Waals surface area contributed by atoms with E-state index in [0.717, 1.165) is 12.2 Å². The first-order valence-corrected chi connectivity index (χ1v) is 8.71. The van der Waals surface area contributed by atoms with Gasteiger partial charge in [-0.15, -0.1) is 0 Å². The lowest BCUT2D eigenvalue weighted by molar-refractivity contribution is -0.147. The minimum atomic E-state index is -0.718. The summed E-state index contributed by atoms with van der Waals surface area (Å²) in [5, 5.41) is 14.3. The fourth-order valence-corrected chi connectivity index (χ4v) is 2.92. The Labute approximate surface area is 140 Å². The van der Waals surface area contributed by atoms with Crippen LogP contribution in [0.3, 0.4) is 0 Å². The van der Waals surface area contributed by atoms with Gasteiger partial charge in [-0.1, -0.05) is 6.92 Å². The molecule has 2 aromatic heterocycles. The molecule has 2 aromatic rings. The molecule has 0 aliphatic rings. The number of ether oxygens (including phenoxy) is 1. The van der Waals surface area contributed by atoms with Crippen LogP contribution in [0.4, 0.5) is 0 Å². The van der Waals surface area contributed by atoms with E-state index in [-0.39, 0.29) is 12.6 Å². The molecule has 0 spiro atoms. The minimum absolute atomic E-state index is 0.0249. The molecule has 0 bridgehead atoms. The molecule has 1 atom stereocenters. The molecule has 0 fully saturated rings. The highest BCUT2D eigenvalue weighted by molar-refractivity contribution is 7.07. The van der Waals surface area contributed by atoms with Crippen LogP contribution in [0, 0.1) is 0 Å². The van der Waals surface area contributed by atoms with Gasteiger partial charge in [-0.25, -0.2) is 0 Å². The van der Waals surface area contributed by atoms with E-state index in [1.807, 2.05) is 24.4 Å². The first-order valence-electron chi connectivity index (χ1n) is 7.77. The van der Waals surface area contributed by atoms with Gasteiger partial charge < -0.3 is 14.3 Å². The number of rotatable bonds is 10. The Kier molecular flexibility index (Phi) is 7.32. The quantitative estimate of drug-likeness (QED) is 0.675. The number of carbonyl (C=O) groups excluding carboxylic acids is 1. The molecule has 0 unspecified atom stereocenters. The fraction of sp³-hybridized carbons (Fsp3) is 0.471. The Morgan fingerprint density at radius 1 is 1.43 bits per heavy atom. The van der Waals surface area contributed by atoms with Crippen molar-refractivity contribution in [3.05, 3.63) is 46.5 Å². The molecule has 1 N–H and O–H groups in total. The standard InChI is InChI=1S/C17H23NO4S/c1-2-4-17(20)22-12-15(19)10-18(9-14-6-8-23-13-14)11-16-5-3-7-21-16/h3,5-8,13,15,19H,2,4,9-12H2,1H3/t15-/m0/s1. The lowest BCUT2D eigenvalue weighted by Crippen LogP contribution is -2.34. The highest BCUT2D eigenvalue weighted by Gasteiger charge is 2.16. The monoisotopic (exact) mass is 337 g/mol. The van der Waals surface area contributed by atoms with Crippen molar-refractivity contribution in [1.29, 1.82) is 0 Å². The van der Waals surface area contributed by atoms with Crippen LogP contribution in [-0.4, -0.2) is 35.2 Å². The van der Waals surface area contributed by atoms with Gasteiger partial charge in [0.15, 0.2) is 0 Å². The summed E-state index contributed by atoms with van der Waals surface area (Å²) in [6.45, 7) is 3.67. The second-order valence-electron chi connectivity index (χ2n) is 5.47. The van der Waals surface area contributed by atoms with Crippen LogP contribution in [-0.2, 0) is 22.6 Å². The maximum absolute atomic E-state index is 11.4. The maximum Gasteiger partial charge on any atom is 0.305 e. The molecule has 0 aliphatic heterocycles. The van der Waals surface area contributed by atoms with Gasteiger partial charge in [0.1, 0.15) is 18.5 Å². The lowest BCUT2D eigenvalue weighted by Gasteiger charge is -2.23. The molecule has 0 amide bonds. The highest BCUT2D eigenvalue weighted by Crippen LogP contribution is 2.13. The average Bonchev–Trinajstić information content (AvgIpc) is 3.19. The smallest absolute Gasteiger partial charge is 0.305 e. The van der Waals surface area contributed by atoms with Crippen LogP contribution in [0.1, 0.15) is 31.1 Å². The Morgan fingerprint density at radius 2 is 2.30 bits per heavy atom. The summed E-state index contributed by atoms with van der Waals surface area (Å²) in [5.41, 5.74) is 1.19. The van der Waals surface area contributed by atoms with Gasteiger partial charge in [0.2, 0.25) is 0 Å². The lowest BCUT2D eigenvalue weighted by atomic mass is 10.2. The summed E-state index contributed by atoms with van der Waals surface area (Å²) in [6, 6.07) is 5.82. The Bertz CT molecular complexity index is 517. The van der Waals surface area contributed by atoms with E-state index in [2.05, 4.69) is 16.3 Å². The van der Waals surface area contributed by atoms with Crippen molar-refractivity contribution in [2.24, 2.45) is 0 Å². The molecular formula is C17H23NO4S. The first kappa shape index (κ1) is 17.7. The van der Waals surface area contributed by atoms with E-state index in [1.54, 1.807) is 17.6 Å². The summed E-state index contributed by atoms with van der Waals surface area (Å²) in [5.74, 6) is 0.581. The molecule has 0 saturated heterocycles. The summed E-state index contributed by atoms with van der Waals surface area (Å²) < 4.78 is 10.5. The number of furan rings is 1. The van der Waals surface area contributed by atoms with Gasteiger partial charge in [0, 0.05) is 19.5 Å². The van der Waals surface area contributed by atoms with E-state index in [4.69, 9.17) is 9.15 Å². The van der Waals surface area contributed by atoms with Gasteiger partial charge in [-0.2, -0.15) is 11.3 Å². The van der Waals surface area contributed by atoms with Crippen molar-refractivity contribution in [2.45, 2.75) is 39.0 Å². The Balaban J connectivity index is 1.86. The third-order valence-electron chi connectivity index (χ3n) is 3.31. The second-order valence-corrected chi connectivity index (χ2v) is 6.25. The predicted molar refractivity (Wildman–Crippen MR) is 89.0 cm³/mol. The topological polar surface area (TPSA) is 62.9 Å². The van der Waals surface area contributed by atoms with Gasteiger partial charge in [0.05, 0.1) is 12.8 Å². The molecule has 0 radical (unpaired) electrons. The molecule has 6 heteroatoms. The average molecular weight is 337 g/mol. The molecular weight excluding hydrogens is 314 g/mol. The van der Waals surface area contributed by atoms with E-state index >= 15 is 0 Å². The molecule has 23 heavy (non-hydrogen) atoms. The zero-order chi connectivity index (χ0) is 16.5. The zero-order valence-corrected chi connectivity index (χ0v) is 14.1. The Morgan fingerprint density at radius 3 is 2.96 bits per heavy atom. The van der Waals surface area contributed by atoms with Crippen molar-refractivity contribution < 1.29 is 19.1 Å². The molecule has 5 nitrogen and oxygen atoms in total. The number of thiophene rings is 1. The van der Waals surface area contributed by atoms with Crippen LogP contribution < -0.4 is 0 Å². The molecule has 0 saturated carbocycles. The van der Waals surface area contributed by atoms with Crippen LogP contribution in [0.25, 0.3) is 0 Å². The summed E-state index contributed by atoms with van der Waals surface area (Å²) in [7, 11) is 0.